The zero-order valence-electron chi connectivity index (χ0n) is 10.5. The van der Waals surface area contributed by atoms with Crippen LogP contribution in [-0.2, 0) is 4.84 Å². The van der Waals surface area contributed by atoms with Gasteiger partial charge in [-0.1, -0.05) is 47.6 Å². The predicted molar refractivity (Wildman–Crippen MR) is 78.6 cm³/mol. The quantitative estimate of drug-likeness (QED) is 0.593. The summed E-state index contributed by atoms with van der Waals surface area (Å²) in [5.41, 5.74) is 2.25. The molecular formula is C17H13NO. The van der Waals surface area contributed by atoms with Crippen molar-refractivity contribution in [2.45, 2.75) is 6.42 Å². The van der Waals surface area contributed by atoms with Crippen LogP contribution in [0.25, 0.3) is 21.5 Å². The third-order valence-electron chi connectivity index (χ3n) is 3.66. The van der Waals surface area contributed by atoms with E-state index < -0.39 is 0 Å². The highest BCUT2D eigenvalue weighted by molar-refractivity contribution is 6.13. The Morgan fingerprint density at radius 2 is 1.63 bits per heavy atom. The Morgan fingerprint density at radius 1 is 0.842 bits per heavy atom. The molecule has 4 rings (SSSR count). The number of fused-ring (bicyclic) bond motifs is 2. The number of rotatable bonds is 1. The molecular weight excluding hydrogens is 234 g/mol. The molecule has 0 atom stereocenters. The molecule has 19 heavy (non-hydrogen) atoms. The summed E-state index contributed by atoms with van der Waals surface area (Å²) in [6.07, 6.45) is 0.895. The largest absolute Gasteiger partial charge is 0.395 e. The van der Waals surface area contributed by atoms with E-state index in [1.165, 1.54) is 27.1 Å². The van der Waals surface area contributed by atoms with Crippen LogP contribution in [-0.4, -0.2) is 12.3 Å². The molecule has 2 heteroatoms. The van der Waals surface area contributed by atoms with Gasteiger partial charge in [-0.05, 0) is 33.7 Å². The average Bonchev–Trinajstić information content (AvgIpc) is 2.98. The van der Waals surface area contributed by atoms with Crippen molar-refractivity contribution in [1.29, 1.82) is 0 Å². The second-order valence-corrected chi connectivity index (χ2v) is 4.85. The molecule has 0 saturated carbocycles. The minimum atomic E-state index is 0.694. The maximum atomic E-state index is 5.14. The first-order valence-corrected chi connectivity index (χ1v) is 6.52. The fourth-order valence-corrected chi connectivity index (χ4v) is 2.71. The van der Waals surface area contributed by atoms with E-state index in [1.54, 1.807) is 0 Å². The van der Waals surface area contributed by atoms with Crippen LogP contribution in [0.5, 0.6) is 0 Å². The normalized spacial score (nSPS) is 14.6. The van der Waals surface area contributed by atoms with Gasteiger partial charge in [0, 0.05) is 12.0 Å². The lowest BCUT2D eigenvalue weighted by atomic mass is 9.96. The fourth-order valence-electron chi connectivity index (χ4n) is 2.71. The molecule has 1 aliphatic heterocycles. The topological polar surface area (TPSA) is 21.6 Å². The maximum absolute atomic E-state index is 5.14. The van der Waals surface area contributed by atoms with Crippen LogP contribution in [0, 0.1) is 0 Å². The summed E-state index contributed by atoms with van der Waals surface area (Å²) < 4.78 is 0. The summed E-state index contributed by atoms with van der Waals surface area (Å²) in [7, 11) is 0. The average molecular weight is 247 g/mol. The van der Waals surface area contributed by atoms with Crippen molar-refractivity contribution >= 4 is 27.3 Å². The summed E-state index contributed by atoms with van der Waals surface area (Å²) in [5, 5.41) is 9.20. The fraction of sp³-hybridized carbons (Fsp3) is 0.118. The Balaban J connectivity index is 2.06. The van der Waals surface area contributed by atoms with E-state index in [0.29, 0.717) is 6.61 Å². The molecule has 3 aromatic rings. The molecule has 2 nitrogen and oxygen atoms in total. The zero-order chi connectivity index (χ0) is 12.7. The van der Waals surface area contributed by atoms with Crippen molar-refractivity contribution in [1.82, 2.24) is 0 Å². The van der Waals surface area contributed by atoms with Crippen molar-refractivity contribution < 1.29 is 4.84 Å². The molecule has 3 aromatic carbocycles. The summed E-state index contributed by atoms with van der Waals surface area (Å²) in [4.78, 5) is 5.14. The van der Waals surface area contributed by atoms with E-state index in [1.807, 2.05) is 0 Å². The van der Waals surface area contributed by atoms with Crippen LogP contribution in [0.4, 0.5) is 0 Å². The molecule has 0 aliphatic carbocycles. The van der Waals surface area contributed by atoms with Crippen LogP contribution in [0.15, 0.2) is 59.8 Å². The van der Waals surface area contributed by atoms with Gasteiger partial charge >= 0.3 is 0 Å². The number of oxime groups is 1. The molecule has 0 N–H and O–H groups in total. The number of nitrogens with zero attached hydrogens (tertiary/aromatic N) is 1. The van der Waals surface area contributed by atoms with E-state index in [2.05, 4.69) is 59.8 Å². The number of hydrogen-bond acceptors (Lipinski definition) is 2. The Bertz CT molecular complexity index is 805. The first-order chi connectivity index (χ1) is 9.42. The lowest BCUT2D eigenvalue weighted by molar-refractivity contribution is 0.174. The van der Waals surface area contributed by atoms with Crippen molar-refractivity contribution in [2.24, 2.45) is 5.16 Å². The summed E-state index contributed by atoms with van der Waals surface area (Å²) in [5.74, 6) is 0. The van der Waals surface area contributed by atoms with Gasteiger partial charge in [0.25, 0.3) is 0 Å². The predicted octanol–water partition coefficient (Wildman–Crippen LogP) is 4.12. The Labute approximate surface area is 111 Å². The first kappa shape index (κ1) is 10.6. The Hall–Kier alpha value is -2.35. The third-order valence-corrected chi connectivity index (χ3v) is 3.66. The van der Waals surface area contributed by atoms with E-state index >= 15 is 0 Å². The molecule has 0 spiro atoms. The SMILES string of the molecule is c1ccc2cc3c(C4=NOCC4)cccc3cc2c1. The Kier molecular flexibility index (Phi) is 2.27. The van der Waals surface area contributed by atoms with Gasteiger partial charge in [0.1, 0.15) is 6.61 Å². The van der Waals surface area contributed by atoms with Crippen LogP contribution >= 0.6 is 0 Å². The lowest BCUT2D eigenvalue weighted by Crippen LogP contribution is -1.98. The molecule has 0 aromatic heterocycles. The van der Waals surface area contributed by atoms with Crippen molar-refractivity contribution in [3.05, 3.63) is 60.2 Å². The lowest BCUT2D eigenvalue weighted by Gasteiger charge is -2.07. The smallest absolute Gasteiger partial charge is 0.122 e. The minimum absolute atomic E-state index is 0.694. The molecule has 0 bridgehead atoms. The highest BCUT2D eigenvalue weighted by Gasteiger charge is 2.13. The molecule has 1 aliphatic rings. The number of hydrogen-bond donors (Lipinski definition) is 0. The molecule has 0 unspecified atom stereocenters. The van der Waals surface area contributed by atoms with Crippen molar-refractivity contribution in [3.63, 3.8) is 0 Å². The van der Waals surface area contributed by atoms with Crippen LogP contribution < -0.4 is 0 Å². The van der Waals surface area contributed by atoms with Gasteiger partial charge in [-0.25, -0.2) is 0 Å². The van der Waals surface area contributed by atoms with Gasteiger partial charge in [-0.2, -0.15) is 0 Å². The molecule has 1 heterocycles. The highest BCUT2D eigenvalue weighted by atomic mass is 16.6. The molecule has 0 radical (unpaired) electrons. The standard InChI is InChI=1S/C17H13NO/c1-2-5-13-11-16-14(10-12(13)4-1)6-3-7-15(16)17-8-9-19-18-17/h1-7,10-11H,8-9H2. The van der Waals surface area contributed by atoms with Gasteiger partial charge in [0.2, 0.25) is 0 Å². The summed E-state index contributed by atoms with van der Waals surface area (Å²) in [6, 6.07) is 19.3. The van der Waals surface area contributed by atoms with Gasteiger partial charge in [-0.15, -0.1) is 0 Å². The first-order valence-electron chi connectivity index (χ1n) is 6.52. The van der Waals surface area contributed by atoms with Gasteiger partial charge in [-0.3, -0.25) is 0 Å². The van der Waals surface area contributed by atoms with E-state index in [0.717, 1.165) is 12.1 Å². The molecule has 0 fully saturated rings. The second kappa shape index (κ2) is 4.09. The summed E-state index contributed by atoms with van der Waals surface area (Å²) >= 11 is 0. The van der Waals surface area contributed by atoms with Gasteiger partial charge in [0.15, 0.2) is 0 Å². The molecule has 0 saturated heterocycles. The Morgan fingerprint density at radius 3 is 2.42 bits per heavy atom. The monoisotopic (exact) mass is 247 g/mol. The van der Waals surface area contributed by atoms with Crippen molar-refractivity contribution in [3.8, 4) is 0 Å². The van der Waals surface area contributed by atoms with Gasteiger partial charge in [0.05, 0.1) is 5.71 Å². The second-order valence-electron chi connectivity index (χ2n) is 4.85. The minimum Gasteiger partial charge on any atom is -0.395 e. The zero-order valence-corrected chi connectivity index (χ0v) is 10.5. The van der Waals surface area contributed by atoms with Gasteiger partial charge < -0.3 is 4.84 Å². The maximum Gasteiger partial charge on any atom is 0.122 e. The number of benzene rings is 3. The van der Waals surface area contributed by atoms with Crippen LogP contribution in [0.3, 0.4) is 0 Å². The molecule has 0 amide bonds. The van der Waals surface area contributed by atoms with Crippen LogP contribution in [0.1, 0.15) is 12.0 Å². The van der Waals surface area contributed by atoms with Crippen molar-refractivity contribution in [2.75, 3.05) is 6.61 Å². The highest BCUT2D eigenvalue weighted by Crippen LogP contribution is 2.27. The third kappa shape index (κ3) is 1.68. The van der Waals surface area contributed by atoms with E-state index in [-0.39, 0.29) is 0 Å². The van der Waals surface area contributed by atoms with E-state index in [4.69, 9.17) is 4.84 Å². The summed E-state index contributed by atoms with van der Waals surface area (Å²) in [6.45, 7) is 0.694. The molecule has 92 valence electrons. The van der Waals surface area contributed by atoms with E-state index in [9.17, 15) is 0 Å². The van der Waals surface area contributed by atoms with Crippen LogP contribution in [0.2, 0.25) is 0 Å².